The largest absolute Gasteiger partial charge is 0.497 e. The molecule has 8 nitrogen and oxygen atoms in total. The first kappa shape index (κ1) is 21.1. The Morgan fingerprint density at radius 1 is 0.966 bits per heavy atom. The zero-order valence-electron chi connectivity index (χ0n) is 16.7. The number of hydrogen-bond donors (Lipinski definition) is 1. The van der Waals surface area contributed by atoms with Crippen molar-refractivity contribution < 1.29 is 22.7 Å². The molecule has 0 aromatic heterocycles. The van der Waals surface area contributed by atoms with Gasteiger partial charge in [0.2, 0.25) is 10.0 Å². The van der Waals surface area contributed by atoms with E-state index < -0.39 is 15.9 Å². The maximum atomic E-state index is 13.0. The van der Waals surface area contributed by atoms with Gasteiger partial charge in [-0.2, -0.15) is 4.31 Å². The summed E-state index contributed by atoms with van der Waals surface area (Å²) in [6.45, 7) is 2.16. The van der Waals surface area contributed by atoms with Crippen LogP contribution < -0.4 is 14.8 Å². The third-order valence-corrected chi connectivity index (χ3v) is 6.76. The second kappa shape index (κ2) is 8.81. The van der Waals surface area contributed by atoms with Gasteiger partial charge in [0, 0.05) is 31.9 Å². The molecular formula is C20H25N3O5S. The van der Waals surface area contributed by atoms with E-state index in [1.165, 1.54) is 29.6 Å². The molecule has 0 atom stereocenters. The number of nitrogens with one attached hydrogen (secondary N) is 1. The van der Waals surface area contributed by atoms with E-state index in [1.807, 2.05) is 7.05 Å². The number of ether oxygens (including phenoxy) is 2. The molecule has 0 radical (unpaired) electrons. The zero-order chi connectivity index (χ0) is 21.0. The maximum Gasteiger partial charge on any atom is 0.259 e. The number of sulfonamides is 1. The predicted molar refractivity (Wildman–Crippen MR) is 110 cm³/mol. The Labute approximate surface area is 171 Å². The first-order chi connectivity index (χ1) is 13.8. The Morgan fingerprint density at radius 2 is 1.62 bits per heavy atom. The number of nitrogens with zero attached hydrogens (tertiary/aromatic N) is 2. The van der Waals surface area contributed by atoms with Crippen LogP contribution in [0.4, 0.5) is 5.69 Å². The summed E-state index contributed by atoms with van der Waals surface area (Å²) in [5.41, 5.74) is 0.712. The molecule has 1 amide bonds. The van der Waals surface area contributed by atoms with Gasteiger partial charge in [-0.05, 0) is 49.5 Å². The standard InChI is InChI=1S/C20H25N3O5S/c1-22-10-12-23(13-11-22)29(25,26)17-8-9-19(28-3)18(14-17)20(24)21-15-4-6-16(27-2)7-5-15/h4-9,14H,10-13H2,1-3H3,(H,21,24). The first-order valence-electron chi connectivity index (χ1n) is 9.17. The Balaban J connectivity index is 1.87. The predicted octanol–water partition coefficient (Wildman–Crippen LogP) is 1.89. The minimum absolute atomic E-state index is 0.0720. The quantitative estimate of drug-likeness (QED) is 0.769. The van der Waals surface area contributed by atoms with Gasteiger partial charge < -0.3 is 19.7 Å². The lowest BCUT2D eigenvalue weighted by Crippen LogP contribution is -2.47. The van der Waals surface area contributed by atoms with Crippen LogP contribution in [0.15, 0.2) is 47.4 Å². The van der Waals surface area contributed by atoms with Crippen molar-refractivity contribution in [1.29, 1.82) is 0 Å². The van der Waals surface area contributed by atoms with Crippen LogP contribution in [0.3, 0.4) is 0 Å². The van der Waals surface area contributed by atoms with Crippen molar-refractivity contribution in [3.05, 3.63) is 48.0 Å². The molecular weight excluding hydrogens is 394 g/mol. The SMILES string of the molecule is COc1ccc(NC(=O)c2cc(S(=O)(=O)N3CCN(C)CC3)ccc2OC)cc1. The van der Waals surface area contributed by atoms with E-state index in [2.05, 4.69) is 10.2 Å². The summed E-state index contributed by atoms with van der Waals surface area (Å²) >= 11 is 0. The molecule has 1 saturated heterocycles. The summed E-state index contributed by atoms with van der Waals surface area (Å²) in [7, 11) is 1.26. The first-order valence-corrected chi connectivity index (χ1v) is 10.6. The number of likely N-dealkylation sites (N-methyl/N-ethyl adjacent to an activating group) is 1. The second-order valence-corrected chi connectivity index (χ2v) is 8.69. The fraction of sp³-hybridized carbons (Fsp3) is 0.350. The summed E-state index contributed by atoms with van der Waals surface area (Å²) in [4.78, 5) is 15.0. The van der Waals surface area contributed by atoms with Gasteiger partial charge >= 0.3 is 0 Å². The molecule has 2 aromatic carbocycles. The lowest BCUT2D eigenvalue weighted by molar-refractivity contribution is 0.102. The van der Waals surface area contributed by atoms with Crippen molar-refractivity contribution in [3.63, 3.8) is 0 Å². The van der Waals surface area contributed by atoms with Crippen molar-refractivity contribution in [1.82, 2.24) is 9.21 Å². The van der Waals surface area contributed by atoms with Gasteiger partial charge in [0.05, 0.1) is 24.7 Å². The number of hydrogen-bond acceptors (Lipinski definition) is 6. The molecule has 156 valence electrons. The van der Waals surface area contributed by atoms with Crippen molar-refractivity contribution in [2.45, 2.75) is 4.90 Å². The summed E-state index contributed by atoms with van der Waals surface area (Å²) in [5.74, 6) is 0.511. The van der Waals surface area contributed by atoms with Gasteiger partial charge in [0.15, 0.2) is 0 Å². The molecule has 1 N–H and O–H groups in total. The lowest BCUT2D eigenvalue weighted by atomic mass is 10.2. The van der Waals surface area contributed by atoms with Gasteiger partial charge in [-0.1, -0.05) is 0 Å². The number of amides is 1. The van der Waals surface area contributed by atoms with Crippen molar-refractivity contribution >= 4 is 21.6 Å². The molecule has 1 aliphatic heterocycles. The van der Waals surface area contributed by atoms with Gasteiger partial charge in [-0.15, -0.1) is 0 Å². The smallest absolute Gasteiger partial charge is 0.259 e. The molecule has 0 spiro atoms. The Hall–Kier alpha value is -2.62. The van der Waals surface area contributed by atoms with Gasteiger partial charge in [-0.25, -0.2) is 8.42 Å². The van der Waals surface area contributed by atoms with E-state index >= 15 is 0 Å². The van der Waals surface area contributed by atoms with Crippen LogP contribution >= 0.6 is 0 Å². The second-order valence-electron chi connectivity index (χ2n) is 6.75. The van der Waals surface area contributed by atoms with E-state index in [0.29, 0.717) is 43.4 Å². The minimum atomic E-state index is -3.69. The third-order valence-electron chi connectivity index (χ3n) is 4.86. The number of carbonyl (C=O) groups excluding carboxylic acids is 1. The van der Waals surface area contributed by atoms with Crippen LogP contribution in [0.5, 0.6) is 11.5 Å². The van der Waals surface area contributed by atoms with Crippen LogP contribution in [-0.4, -0.2) is 71.0 Å². The number of anilines is 1. The highest BCUT2D eigenvalue weighted by atomic mass is 32.2. The molecule has 1 heterocycles. The summed E-state index contributed by atoms with van der Waals surface area (Å²) in [6, 6.07) is 11.2. The maximum absolute atomic E-state index is 13.0. The molecule has 0 aliphatic carbocycles. The third kappa shape index (κ3) is 4.69. The summed E-state index contributed by atoms with van der Waals surface area (Å²) in [6.07, 6.45) is 0. The summed E-state index contributed by atoms with van der Waals surface area (Å²) < 4.78 is 37.9. The highest BCUT2D eigenvalue weighted by molar-refractivity contribution is 7.89. The van der Waals surface area contributed by atoms with Crippen LogP contribution in [-0.2, 0) is 10.0 Å². The van der Waals surface area contributed by atoms with Crippen LogP contribution in [0.25, 0.3) is 0 Å². The average Bonchev–Trinajstić information content (AvgIpc) is 2.74. The van der Waals surface area contributed by atoms with E-state index in [0.717, 1.165) is 0 Å². The number of carbonyl (C=O) groups is 1. The molecule has 9 heteroatoms. The number of benzene rings is 2. The molecule has 1 fully saturated rings. The van der Waals surface area contributed by atoms with Crippen LogP contribution in [0, 0.1) is 0 Å². The zero-order valence-corrected chi connectivity index (χ0v) is 17.5. The fourth-order valence-electron chi connectivity index (χ4n) is 3.08. The normalized spacial score (nSPS) is 15.7. The molecule has 0 unspecified atom stereocenters. The number of methoxy groups -OCH3 is 2. The Kier molecular flexibility index (Phi) is 6.41. The summed E-state index contributed by atoms with van der Waals surface area (Å²) in [5, 5.41) is 2.76. The van der Waals surface area contributed by atoms with E-state index in [-0.39, 0.29) is 10.5 Å². The molecule has 0 saturated carbocycles. The van der Waals surface area contributed by atoms with E-state index in [4.69, 9.17) is 9.47 Å². The highest BCUT2D eigenvalue weighted by Gasteiger charge is 2.29. The van der Waals surface area contributed by atoms with Crippen molar-refractivity contribution in [2.75, 3.05) is 52.8 Å². The molecule has 1 aliphatic rings. The van der Waals surface area contributed by atoms with Crippen molar-refractivity contribution in [3.8, 4) is 11.5 Å². The fourth-order valence-corrected chi connectivity index (χ4v) is 4.52. The topological polar surface area (TPSA) is 88.2 Å². The van der Waals surface area contributed by atoms with Crippen LogP contribution in [0.1, 0.15) is 10.4 Å². The van der Waals surface area contributed by atoms with Crippen LogP contribution in [0.2, 0.25) is 0 Å². The molecule has 29 heavy (non-hydrogen) atoms. The molecule has 2 aromatic rings. The molecule has 0 bridgehead atoms. The van der Waals surface area contributed by atoms with E-state index in [1.54, 1.807) is 31.4 Å². The lowest BCUT2D eigenvalue weighted by Gasteiger charge is -2.31. The Morgan fingerprint density at radius 3 is 2.21 bits per heavy atom. The number of piperazine rings is 1. The average molecular weight is 420 g/mol. The van der Waals surface area contributed by atoms with Gasteiger partial charge in [0.1, 0.15) is 11.5 Å². The minimum Gasteiger partial charge on any atom is -0.497 e. The number of rotatable bonds is 6. The van der Waals surface area contributed by atoms with Gasteiger partial charge in [0.25, 0.3) is 5.91 Å². The van der Waals surface area contributed by atoms with Gasteiger partial charge in [-0.3, -0.25) is 4.79 Å². The molecule has 3 rings (SSSR count). The highest BCUT2D eigenvalue weighted by Crippen LogP contribution is 2.26. The van der Waals surface area contributed by atoms with E-state index in [9.17, 15) is 13.2 Å². The van der Waals surface area contributed by atoms with Crippen molar-refractivity contribution in [2.24, 2.45) is 0 Å². The monoisotopic (exact) mass is 419 g/mol. The Bertz CT molecular complexity index is 968.